The summed E-state index contributed by atoms with van der Waals surface area (Å²) in [5.74, 6) is -0.492. The zero-order chi connectivity index (χ0) is 25.1. The molecule has 1 aliphatic heterocycles. The quantitative estimate of drug-likeness (QED) is 0.599. The summed E-state index contributed by atoms with van der Waals surface area (Å²) in [6.07, 6.45) is -6.12. The summed E-state index contributed by atoms with van der Waals surface area (Å²) in [5.41, 5.74) is 0.957. The third kappa shape index (κ3) is 6.96. The molecule has 184 valence electrons. The van der Waals surface area contributed by atoms with Gasteiger partial charge in [0.1, 0.15) is 5.60 Å². The molecule has 2 aromatic rings. The van der Waals surface area contributed by atoms with Crippen LogP contribution in [0.2, 0.25) is 0 Å². The molecule has 0 bridgehead atoms. The zero-order valence-electron chi connectivity index (χ0n) is 19.4. The Balaban J connectivity index is 1.67. The molecule has 0 aliphatic carbocycles. The van der Waals surface area contributed by atoms with Gasteiger partial charge in [0.2, 0.25) is 0 Å². The van der Waals surface area contributed by atoms with Crippen LogP contribution >= 0.6 is 0 Å². The molecule has 9 heteroatoms. The van der Waals surface area contributed by atoms with Crippen molar-refractivity contribution in [2.75, 3.05) is 6.54 Å². The van der Waals surface area contributed by atoms with Crippen molar-refractivity contribution in [1.29, 1.82) is 0 Å². The van der Waals surface area contributed by atoms with Crippen LogP contribution in [0.4, 0.5) is 18.0 Å². The average molecular weight is 479 g/mol. The Hall–Kier alpha value is -3.07. The number of carbonyl (C=O) groups is 2. The summed E-state index contributed by atoms with van der Waals surface area (Å²) in [7, 11) is 0. The lowest BCUT2D eigenvalue weighted by atomic mass is 9.98. The number of carbonyl (C=O) groups excluding carboxylic acids is 2. The molecular formula is C25H28F3NO5. The molecule has 0 unspecified atom stereocenters. The molecule has 6 nitrogen and oxygen atoms in total. The largest absolute Gasteiger partial charge is 0.509 e. The van der Waals surface area contributed by atoms with Gasteiger partial charge in [-0.05, 0) is 56.0 Å². The van der Waals surface area contributed by atoms with E-state index in [2.05, 4.69) is 5.32 Å². The fraction of sp³-hybridized carbons (Fsp3) is 0.440. The first-order chi connectivity index (χ1) is 15.8. The van der Waals surface area contributed by atoms with Crippen LogP contribution in [0, 0.1) is 0 Å². The smallest absolute Gasteiger partial charge is 0.457 e. The lowest BCUT2D eigenvalue weighted by Gasteiger charge is -2.25. The van der Waals surface area contributed by atoms with Crippen molar-refractivity contribution in [3.63, 3.8) is 0 Å². The van der Waals surface area contributed by atoms with Gasteiger partial charge in [-0.1, -0.05) is 36.4 Å². The first-order valence-electron chi connectivity index (χ1n) is 10.9. The Morgan fingerprint density at radius 3 is 2.00 bits per heavy atom. The Morgan fingerprint density at radius 1 is 0.941 bits per heavy atom. The van der Waals surface area contributed by atoms with Gasteiger partial charge in [-0.2, -0.15) is 13.2 Å². The van der Waals surface area contributed by atoms with Crippen LogP contribution in [0.3, 0.4) is 0 Å². The maximum Gasteiger partial charge on any atom is 0.509 e. The number of nitrogens with one attached hydrogen (secondary N) is 1. The summed E-state index contributed by atoms with van der Waals surface area (Å²) in [5, 5.41) is 3.23. The number of esters is 1. The Morgan fingerprint density at radius 2 is 1.50 bits per heavy atom. The molecule has 0 spiro atoms. The minimum absolute atomic E-state index is 0.297. The highest BCUT2D eigenvalue weighted by atomic mass is 19.4. The lowest BCUT2D eigenvalue weighted by Crippen LogP contribution is -2.40. The first kappa shape index (κ1) is 25.6. The van der Waals surface area contributed by atoms with Crippen LogP contribution in [-0.4, -0.2) is 42.5 Å². The molecule has 1 saturated heterocycles. The SMILES string of the molecule is CC(=O)O[C@@H]1[C@@H](OC(=O)OC(C)(C)C)CN[C@@H]1Cc1ccc(-c2ccc(C(F)(F)F)cc2)cc1. The molecule has 1 N–H and O–H groups in total. The molecule has 1 fully saturated rings. The van der Waals surface area contributed by atoms with Gasteiger partial charge in [0, 0.05) is 13.5 Å². The van der Waals surface area contributed by atoms with Crippen molar-refractivity contribution in [3.05, 3.63) is 59.7 Å². The van der Waals surface area contributed by atoms with E-state index in [9.17, 15) is 22.8 Å². The lowest BCUT2D eigenvalue weighted by molar-refractivity contribution is -0.152. The summed E-state index contributed by atoms with van der Waals surface area (Å²) >= 11 is 0. The molecule has 1 aliphatic rings. The van der Waals surface area contributed by atoms with Gasteiger partial charge >= 0.3 is 18.3 Å². The molecule has 1 heterocycles. The second-order valence-corrected chi connectivity index (χ2v) is 9.19. The standard InChI is InChI=1S/C25H28F3NO5/c1-15(30)32-22-20(29-14-21(22)33-23(31)34-24(2,3)4)13-16-5-7-17(8-6-16)18-9-11-19(12-10-18)25(26,27)28/h5-12,20-22,29H,13-14H2,1-4H3/t20-,21+,22+/m1/s1. The van der Waals surface area contributed by atoms with Crippen LogP contribution in [0.25, 0.3) is 11.1 Å². The predicted molar refractivity (Wildman–Crippen MR) is 119 cm³/mol. The van der Waals surface area contributed by atoms with Gasteiger partial charge in [0.25, 0.3) is 0 Å². The van der Waals surface area contributed by atoms with E-state index in [-0.39, 0.29) is 6.04 Å². The van der Waals surface area contributed by atoms with E-state index < -0.39 is 41.7 Å². The third-order valence-corrected chi connectivity index (χ3v) is 5.24. The fourth-order valence-electron chi connectivity index (χ4n) is 3.74. The number of halogens is 3. The van der Waals surface area contributed by atoms with Crippen molar-refractivity contribution in [3.8, 4) is 11.1 Å². The zero-order valence-corrected chi connectivity index (χ0v) is 19.4. The molecular weight excluding hydrogens is 451 g/mol. The maximum atomic E-state index is 12.8. The average Bonchev–Trinajstić information content (AvgIpc) is 3.07. The van der Waals surface area contributed by atoms with E-state index in [1.54, 1.807) is 20.8 Å². The Kier molecular flexibility index (Phi) is 7.55. The highest BCUT2D eigenvalue weighted by Gasteiger charge is 2.41. The van der Waals surface area contributed by atoms with E-state index >= 15 is 0 Å². The van der Waals surface area contributed by atoms with Crippen molar-refractivity contribution in [2.24, 2.45) is 0 Å². The summed E-state index contributed by atoms with van der Waals surface area (Å²) in [6.45, 7) is 6.76. The maximum absolute atomic E-state index is 12.8. The van der Waals surface area contributed by atoms with E-state index in [4.69, 9.17) is 14.2 Å². The third-order valence-electron chi connectivity index (χ3n) is 5.24. The van der Waals surface area contributed by atoms with Gasteiger partial charge < -0.3 is 19.5 Å². The van der Waals surface area contributed by atoms with Gasteiger partial charge in [0.15, 0.2) is 12.2 Å². The predicted octanol–water partition coefficient (Wildman–Crippen LogP) is 5.14. The fourth-order valence-corrected chi connectivity index (χ4v) is 3.74. The van der Waals surface area contributed by atoms with Gasteiger partial charge in [0.05, 0.1) is 11.6 Å². The minimum Gasteiger partial charge on any atom is -0.457 e. The highest BCUT2D eigenvalue weighted by Crippen LogP contribution is 2.31. The van der Waals surface area contributed by atoms with Crippen molar-refractivity contribution < 1.29 is 37.0 Å². The first-order valence-corrected chi connectivity index (χ1v) is 10.9. The van der Waals surface area contributed by atoms with Crippen LogP contribution in [0.5, 0.6) is 0 Å². The van der Waals surface area contributed by atoms with Crippen molar-refractivity contribution >= 4 is 12.1 Å². The van der Waals surface area contributed by atoms with Crippen molar-refractivity contribution in [2.45, 2.75) is 64.1 Å². The van der Waals surface area contributed by atoms with Crippen LogP contribution in [0.1, 0.15) is 38.8 Å². The van der Waals surface area contributed by atoms with Gasteiger partial charge in [-0.3, -0.25) is 4.79 Å². The summed E-state index contributed by atoms with van der Waals surface area (Å²) in [6, 6.07) is 12.1. The van der Waals surface area contributed by atoms with E-state index in [0.29, 0.717) is 18.5 Å². The Labute approximate surface area is 196 Å². The second-order valence-electron chi connectivity index (χ2n) is 9.19. The number of alkyl halides is 3. The van der Waals surface area contributed by atoms with E-state index in [1.807, 2.05) is 24.3 Å². The van der Waals surface area contributed by atoms with Crippen LogP contribution in [0.15, 0.2) is 48.5 Å². The minimum atomic E-state index is -4.37. The topological polar surface area (TPSA) is 73.9 Å². The number of hydrogen-bond acceptors (Lipinski definition) is 6. The normalized spacial score (nSPS) is 20.6. The van der Waals surface area contributed by atoms with Crippen LogP contribution < -0.4 is 5.32 Å². The second kappa shape index (κ2) is 10.0. The summed E-state index contributed by atoms with van der Waals surface area (Å²) < 4.78 is 54.4. The molecule has 3 atom stereocenters. The van der Waals surface area contributed by atoms with Crippen LogP contribution in [-0.2, 0) is 31.6 Å². The van der Waals surface area contributed by atoms with Gasteiger partial charge in [-0.25, -0.2) is 4.79 Å². The molecule has 0 radical (unpaired) electrons. The number of rotatable bonds is 5. The number of hydrogen-bond donors (Lipinski definition) is 1. The van der Waals surface area contributed by atoms with E-state index in [1.165, 1.54) is 19.1 Å². The highest BCUT2D eigenvalue weighted by molar-refractivity contribution is 5.67. The van der Waals surface area contributed by atoms with Gasteiger partial charge in [-0.15, -0.1) is 0 Å². The molecule has 0 aromatic heterocycles. The van der Waals surface area contributed by atoms with E-state index in [0.717, 1.165) is 23.3 Å². The number of ether oxygens (including phenoxy) is 3. The molecule has 34 heavy (non-hydrogen) atoms. The number of benzene rings is 2. The Bertz CT molecular complexity index is 997. The molecule has 0 saturated carbocycles. The summed E-state index contributed by atoms with van der Waals surface area (Å²) in [4.78, 5) is 23.7. The van der Waals surface area contributed by atoms with Crippen molar-refractivity contribution in [1.82, 2.24) is 5.32 Å². The monoisotopic (exact) mass is 479 g/mol. The molecule has 2 aromatic carbocycles. The molecule has 0 amide bonds. The molecule has 3 rings (SSSR count).